The van der Waals surface area contributed by atoms with Crippen LogP contribution in [-0.2, 0) is 11.3 Å². The highest BCUT2D eigenvalue weighted by molar-refractivity contribution is 5.77. The third kappa shape index (κ3) is 7.26. The number of piperazine rings is 1. The number of ether oxygens (including phenoxy) is 2. The first-order chi connectivity index (χ1) is 18.2. The Labute approximate surface area is 221 Å². The minimum atomic E-state index is 0.111. The number of rotatable bonds is 12. The van der Waals surface area contributed by atoms with E-state index in [1.165, 1.54) is 5.69 Å². The van der Waals surface area contributed by atoms with Gasteiger partial charge in [-0.25, -0.2) is 0 Å². The van der Waals surface area contributed by atoms with Crippen LogP contribution in [0.5, 0.6) is 11.5 Å². The van der Waals surface area contributed by atoms with Crippen molar-refractivity contribution >= 4 is 11.6 Å². The molecule has 3 aromatic rings. The topological polar surface area (TPSA) is 54.0 Å². The minimum Gasteiger partial charge on any atom is -0.496 e. The number of amides is 1. The first kappa shape index (κ1) is 26.6. The van der Waals surface area contributed by atoms with Crippen LogP contribution in [0, 0.1) is 0 Å². The summed E-state index contributed by atoms with van der Waals surface area (Å²) in [6.07, 6.45) is 3.68. The molecule has 0 spiro atoms. The highest BCUT2D eigenvalue weighted by Gasteiger charge is 2.19. The third-order valence-electron chi connectivity index (χ3n) is 7.07. The SMILES string of the molecule is COc1ccccc1-c1ccccc1CNC(=O)CCCCCN1CCN(c2ccccc2OC)CC1. The summed E-state index contributed by atoms with van der Waals surface area (Å²) < 4.78 is 11.1. The van der Waals surface area contributed by atoms with Crippen molar-refractivity contribution in [1.82, 2.24) is 10.2 Å². The van der Waals surface area contributed by atoms with E-state index in [0.717, 1.165) is 80.2 Å². The molecule has 4 rings (SSSR count). The van der Waals surface area contributed by atoms with Gasteiger partial charge in [0.1, 0.15) is 11.5 Å². The molecule has 0 saturated carbocycles. The Morgan fingerprint density at radius 1 is 0.757 bits per heavy atom. The molecular formula is C31H39N3O3. The number of methoxy groups -OCH3 is 2. The monoisotopic (exact) mass is 501 g/mol. The first-order valence-electron chi connectivity index (χ1n) is 13.3. The van der Waals surface area contributed by atoms with Crippen molar-refractivity contribution in [1.29, 1.82) is 0 Å². The molecule has 1 aliphatic rings. The van der Waals surface area contributed by atoms with Crippen LogP contribution >= 0.6 is 0 Å². The Morgan fingerprint density at radius 2 is 1.41 bits per heavy atom. The molecule has 1 heterocycles. The number of nitrogens with one attached hydrogen (secondary N) is 1. The van der Waals surface area contributed by atoms with Crippen LogP contribution in [0.2, 0.25) is 0 Å². The standard InChI is InChI=1S/C31H39N3O3/c1-36-29-16-9-7-14-27(29)26-13-6-5-12-25(26)24-32-31(35)18-4-3-11-19-33-20-22-34(23-21-33)28-15-8-10-17-30(28)37-2/h5-10,12-17H,3-4,11,18-24H2,1-2H3,(H,32,35). The van der Waals surface area contributed by atoms with Crippen molar-refractivity contribution in [3.63, 3.8) is 0 Å². The molecule has 1 amide bonds. The maximum atomic E-state index is 12.5. The summed E-state index contributed by atoms with van der Waals surface area (Å²) in [5.41, 5.74) is 4.40. The molecule has 1 fully saturated rings. The van der Waals surface area contributed by atoms with E-state index < -0.39 is 0 Å². The van der Waals surface area contributed by atoms with Gasteiger partial charge in [0.2, 0.25) is 5.91 Å². The largest absolute Gasteiger partial charge is 0.496 e. The molecule has 0 aromatic heterocycles. The van der Waals surface area contributed by atoms with Gasteiger partial charge in [-0.2, -0.15) is 0 Å². The molecule has 0 atom stereocenters. The van der Waals surface area contributed by atoms with E-state index in [-0.39, 0.29) is 5.91 Å². The summed E-state index contributed by atoms with van der Waals surface area (Å²) in [7, 11) is 3.42. The van der Waals surface area contributed by atoms with Crippen LogP contribution in [0.25, 0.3) is 11.1 Å². The fourth-order valence-electron chi connectivity index (χ4n) is 4.99. The van der Waals surface area contributed by atoms with E-state index in [2.05, 4.69) is 45.4 Å². The van der Waals surface area contributed by atoms with Gasteiger partial charge in [-0.05, 0) is 48.7 Å². The number of anilines is 1. The summed E-state index contributed by atoms with van der Waals surface area (Å²) >= 11 is 0. The van der Waals surface area contributed by atoms with Gasteiger partial charge in [-0.1, -0.05) is 61.0 Å². The molecule has 0 radical (unpaired) electrons. The smallest absolute Gasteiger partial charge is 0.220 e. The van der Waals surface area contributed by atoms with Gasteiger partial charge in [0, 0.05) is 44.7 Å². The number of carbonyl (C=O) groups is 1. The number of nitrogens with zero attached hydrogens (tertiary/aromatic N) is 2. The van der Waals surface area contributed by atoms with Crippen LogP contribution in [-0.4, -0.2) is 57.8 Å². The summed E-state index contributed by atoms with van der Waals surface area (Å²) in [5, 5.41) is 3.11. The number of benzene rings is 3. The molecule has 3 aromatic carbocycles. The van der Waals surface area contributed by atoms with E-state index in [4.69, 9.17) is 9.47 Å². The van der Waals surface area contributed by atoms with Gasteiger partial charge in [0.05, 0.1) is 19.9 Å². The van der Waals surface area contributed by atoms with E-state index >= 15 is 0 Å². The second kappa shape index (κ2) is 13.7. The fraction of sp³-hybridized carbons (Fsp3) is 0.387. The maximum absolute atomic E-state index is 12.5. The van der Waals surface area contributed by atoms with Crippen molar-refractivity contribution < 1.29 is 14.3 Å². The maximum Gasteiger partial charge on any atom is 0.220 e. The zero-order valence-corrected chi connectivity index (χ0v) is 22.1. The van der Waals surface area contributed by atoms with Crippen LogP contribution in [0.1, 0.15) is 31.2 Å². The highest BCUT2D eigenvalue weighted by atomic mass is 16.5. The van der Waals surface area contributed by atoms with Crippen molar-refractivity contribution in [2.24, 2.45) is 0 Å². The van der Waals surface area contributed by atoms with Crippen LogP contribution in [0.4, 0.5) is 5.69 Å². The van der Waals surface area contributed by atoms with Crippen LogP contribution in [0.3, 0.4) is 0 Å². The van der Waals surface area contributed by atoms with Gasteiger partial charge >= 0.3 is 0 Å². The van der Waals surface area contributed by atoms with Gasteiger partial charge in [0.25, 0.3) is 0 Å². The zero-order valence-electron chi connectivity index (χ0n) is 22.1. The molecule has 6 nitrogen and oxygen atoms in total. The minimum absolute atomic E-state index is 0.111. The lowest BCUT2D eigenvalue weighted by molar-refractivity contribution is -0.121. The molecule has 37 heavy (non-hydrogen) atoms. The predicted octanol–water partition coefficient (Wildman–Crippen LogP) is 5.37. The third-order valence-corrected chi connectivity index (χ3v) is 7.07. The van der Waals surface area contributed by atoms with Crippen molar-refractivity contribution in [3.05, 3.63) is 78.4 Å². The number of hydrogen-bond donors (Lipinski definition) is 1. The first-order valence-corrected chi connectivity index (χ1v) is 13.3. The summed E-state index contributed by atoms with van der Waals surface area (Å²) in [5.74, 6) is 1.89. The van der Waals surface area contributed by atoms with E-state index in [1.54, 1.807) is 14.2 Å². The van der Waals surface area contributed by atoms with E-state index in [1.807, 2.05) is 42.5 Å². The molecule has 0 aliphatic carbocycles. The number of unbranched alkanes of at least 4 members (excludes halogenated alkanes) is 2. The van der Waals surface area contributed by atoms with Crippen LogP contribution in [0.15, 0.2) is 72.8 Å². The summed E-state index contributed by atoms with van der Waals surface area (Å²) in [4.78, 5) is 17.5. The molecule has 6 heteroatoms. The molecule has 1 saturated heterocycles. The second-order valence-electron chi connectivity index (χ2n) is 9.45. The molecule has 0 bridgehead atoms. The Morgan fingerprint density at radius 3 is 2.16 bits per heavy atom. The molecule has 1 N–H and O–H groups in total. The number of hydrogen-bond acceptors (Lipinski definition) is 5. The van der Waals surface area contributed by atoms with Gasteiger partial charge < -0.3 is 19.7 Å². The summed E-state index contributed by atoms with van der Waals surface area (Å²) in [6.45, 7) is 5.75. The number of para-hydroxylation sites is 3. The Balaban J connectivity index is 1.14. The number of carbonyl (C=O) groups excluding carboxylic acids is 1. The van der Waals surface area contributed by atoms with Gasteiger partial charge in [-0.15, -0.1) is 0 Å². The molecule has 0 unspecified atom stereocenters. The van der Waals surface area contributed by atoms with Crippen molar-refractivity contribution in [3.8, 4) is 22.6 Å². The lowest BCUT2D eigenvalue weighted by Crippen LogP contribution is -2.46. The molecule has 196 valence electrons. The molecular weight excluding hydrogens is 462 g/mol. The van der Waals surface area contributed by atoms with Crippen molar-refractivity contribution in [2.45, 2.75) is 32.2 Å². The fourth-order valence-corrected chi connectivity index (χ4v) is 4.99. The van der Waals surface area contributed by atoms with Gasteiger partial charge in [0.15, 0.2) is 0 Å². The quantitative estimate of drug-likeness (QED) is 0.338. The predicted molar refractivity (Wildman–Crippen MR) is 150 cm³/mol. The lowest BCUT2D eigenvalue weighted by Gasteiger charge is -2.36. The lowest BCUT2D eigenvalue weighted by atomic mass is 9.98. The van der Waals surface area contributed by atoms with E-state index in [0.29, 0.717) is 13.0 Å². The average Bonchev–Trinajstić information content (AvgIpc) is 2.96. The summed E-state index contributed by atoms with van der Waals surface area (Å²) in [6, 6.07) is 24.4. The Hall–Kier alpha value is -3.51. The normalized spacial score (nSPS) is 13.8. The zero-order chi connectivity index (χ0) is 25.9. The van der Waals surface area contributed by atoms with Crippen LogP contribution < -0.4 is 19.7 Å². The van der Waals surface area contributed by atoms with E-state index in [9.17, 15) is 4.79 Å². The Bertz CT molecular complexity index is 1140. The second-order valence-corrected chi connectivity index (χ2v) is 9.45. The van der Waals surface area contributed by atoms with Gasteiger partial charge in [-0.3, -0.25) is 9.69 Å². The Kier molecular flexibility index (Phi) is 9.83. The average molecular weight is 502 g/mol. The highest BCUT2D eigenvalue weighted by Crippen LogP contribution is 2.32. The molecule has 1 aliphatic heterocycles. The van der Waals surface area contributed by atoms with Crippen molar-refractivity contribution in [2.75, 3.05) is 51.8 Å².